The molecule has 10 nitrogen and oxygen atoms in total. The van der Waals surface area contributed by atoms with Crippen LogP contribution in [0.3, 0.4) is 0 Å². The average molecular weight is 508 g/mol. The second-order valence-electron chi connectivity index (χ2n) is 6.90. The highest BCUT2D eigenvalue weighted by molar-refractivity contribution is 8.00. The third-order valence-electron chi connectivity index (χ3n) is 4.47. The maximum absolute atomic E-state index is 13.0. The fraction of sp³-hybridized carbons (Fsp3) is 0.250. The van der Waals surface area contributed by atoms with Crippen LogP contribution in [0.25, 0.3) is 0 Å². The Morgan fingerprint density at radius 1 is 1.21 bits per heavy atom. The van der Waals surface area contributed by atoms with Crippen LogP contribution in [-0.2, 0) is 20.6 Å². The minimum Gasteiger partial charge on any atom is -0.299 e. The Morgan fingerprint density at radius 3 is 2.58 bits per heavy atom. The molecule has 0 aliphatic rings. The molecule has 3 aromatic rings. The number of carbonyl (C=O) groups is 1. The van der Waals surface area contributed by atoms with Crippen molar-refractivity contribution in [1.82, 2.24) is 10.2 Å². The molecular formula is C20H21N5O5S3. The maximum atomic E-state index is 13.0. The molecule has 1 N–H and O–H groups in total. The zero-order chi connectivity index (χ0) is 24.0. The molecule has 0 aliphatic carbocycles. The molecule has 1 aromatic heterocycles. The van der Waals surface area contributed by atoms with Gasteiger partial charge in [-0.2, -0.15) is 0 Å². The topological polar surface area (TPSA) is 135 Å². The summed E-state index contributed by atoms with van der Waals surface area (Å²) < 4.78 is 26.6. The number of sulfonamides is 1. The van der Waals surface area contributed by atoms with E-state index in [1.807, 2.05) is 30.3 Å². The fourth-order valence-electron chi connectivity index (χ4n) is 3.03. The Hall–Kier alpha value is -3.03. The van der Waals surface area contributed by atoms with Gasteiger partial charge in [-0.1, -0.05) is 66.4 Å². The van der Waals surface area contributed by atoms with Crippen molar-refractivity contribution in [2.24, 2.45) is 0 Å². The van der Waals surface area contributed by atoms with E-state index < -0.39 is 26.9 Å². The number of nitro benzene ring substituents is 1. The zero-order valence-corrected chi connectivity index (χ0v) is 20.2. The van der Waals surface area contributed by atoms with Gasteiger partial charge < -0.3 is 0 Å². The van der Waals surface area contributed by atoms with Gasteiger partial charge in [0.05, 0.1) is 16.9 Å². The molecule has 0 radical (unpaired) electrons. The molecule has 3 rings (SSSR count). The Balaban J connectivity index is 1.77. The smallest absolute Gasteiger partial charge is 0.271 e. The highest BCUT2D eigenvalue weighted by Gasteiger charge is 2.32. The number of carbonyl (C=O) groups excluding carboxylic acids is 1. The van der Waals surface area contributed by atoms with Gasteiger partial charge in [0.2, 0.25) is 21.1 Å². The van der Waals surface area contributed by atoms with Gasteiger partial charge >= 0.3 is 0 Å². The molecule has 0 aliphatic heterocycles. The van der Waals surface area contributed by atoms with Gasteiger partial charge in [-0.15, -0.1) is 10.2 Å². The van der Waals surface area contributed by atoms with Crippen molar-refractivity contribution >= 4 is 55.5 Å². The first-order chi connectivity index (χ1) is 15.7. The average Bonchev–Trinajstić information content (AvgIpc) is 3.23. The van der Waals surface area contributed by atoms with Crippen molar-refractivity contribution < 1.29 is 18.1 Å². The number of hydrogen-bond donors (Lipinski definition) is 1. The third kappa shape index (κ3) is 6.49. The lowest BCUT2D eigenvalue weighted by Gasteiger charge is -2.29. The van der Waals surface area contributed by atoms with Gasteiger partial charge in [-0.05, 0) is 18.1 Å². The maximum Gasteiger partial charge on any atom is 0.271 e. The minimum absolute atomic E-state index is 0.0325. The molecule has 1 amide bonds. The number of nitro groups is 1. The van der Waals surface area contributed by atoms with Crippen molar-refractivity contribution in [2.45, 2.75) is 29.5 Å². The molecule has 174 valence electrons. The van der Waals surface area contributed by atoms with Gasteiger partial charge in [0, 0.05) is 17.9 Å². The molecule has 1 atom stereocenters. The summed E-state index contributed by atoms with van der Waals surface area (Å²) in [6.45, 7) is 1.65. The first-order valence-electron chi connectivity index (χ1n) is 9.74. The first-order valence-corrected chi connectivity index (χ1v) is 13.4. The van der Waals surface area contributed by atoms with Crippen molar-refractivity contribution in [3.05, 3.63) is 70.3 Å². The lowest BCUT2D eigenvalue weighted by Crippen LogP contribution is -2.47. The number of thioether (sulfide) groups is 1. The van der Waals surface area contributed by atoms with Gasteiger partial charge in [0.15, 0.2) is 4.34 Å². The van der Waals surface area contributed by atoms with Gasteiger partial charge in [-0.3, -0.25) is 24.5 Å². The summed E-state index contributed by atoms with van der Waals surface area (Å²) >= 11 is 2.65. The number of benzene rings is 2. The molecule has 1 heterocycles. The molecule has 0 fully saturated rings. The Bertz CT molecular complexity index is 1230. The van der Waals surface area contributed by atoms with E-state index in [9.17, 15) is 23.3 Å². The summed E-state index contributed by atoms with van der Waals surface area (Å²) in [6.07, 6.45) is 1.08. The zero-order valence-electron chi connectivity index (χ0n) is 17.7. The van der Waals surface area contributed by atoms with Crippen LogP contribution in [-0.4, -0.2) is 41.7 Å². The molecule has 13 heteroatoms. The third-order valence-corrected chi connectivity index (χ3v) is 7.69. The summed E-state index contributed by atoms with van der Waals surface area (Å²) in [5, 5.41) is 22.0. The molecular weight excluding hydrogens is 486 g/mol. The first kappa shape index (κ1) is 24.6. The molecule has 1 unspecified atom stereocenters. The predicted octanol–water partition coefficient (Wildman–Crippen LogP) is 3.92. The van der Waals surface area contributed by atoms with E-state index in [0.717, 1.165) is 22.2 Å². The van der Waals surface area contributed by atoms with Crippen LogP contribution in [0.2, 0.25) is 0 Å². The van der Waals surface area contributed by atoms with Gasteiger partial charge in [0.25, 0.3) is 5.69 Å². The van der Waals surface area contributed by atoms with E-state index >= 15 is 0 Å². The van der Waals surface area contributed by atoms with Crippen molar-refractivity contribution in [3.8, 4) is 0 Å². The Kier molecular flexibility index (Phi) is 8.00. The SMILES string of the molecule is CCC(C(=O)Nc1nnc(SCc2ccccc2)s1)N(c1cccc([N+](=O)[O-])c1)S(C)(=O)=O. The lowest BCUT2D eigenvalue weighted by atomic mass is 10.2. The fourth-order valence-corrected chi connectivity index (χ4v) is 5.94. The summed E-state index contributed by atoms with van der Waals surface area (Å²) in [7, 11) is -3.93. The largest absolute Gasteiger partial charge is 0.299 e. The molecule has 0 bridgehead atoms. The highest BCUT2D eigenvalue weighted by atomic mass is 32.2. The molecule has 0 spiro atoms. The second kappa shape index (κ2) is 10.7. The number of aromatic nitrogens is 2. The van der Waals surface area contributed by atoms with Crippen LogP contribution in [0.4, 0.5) is 16.5 Å². The minimum atomic E-state index is -3.93. The Labute approximate surface area is 199 Å². The van der Waals surface area contributed by atoms with Crippen LogP contribution < -0.4 is 9.62 Å². The number of nitrogens with one attached hydrogen (secondary N) is 1. The number of nitrogens with zero attached hydrogens (tertiary/aromatic N) is 4. The van der Waals surface area contributed by atoms with Crippen LogP contribution in [0.1, 0.15) is 18.9 Å². The number of anilines is 2. The summed E-state index contributed by atoms with van der Waals surface area (Å²) in [4.78, 5) is 23.5. The molecule has 33 heavy (non-hydrogen) atoms. The summed E-state index contributed by atoms with van der Waals surface area (Å²) in [5.74, 6) is 0.0838. The normalized spacial score (nSPS) is 12.2. The lowest BCUT2D eigenvalue weighted by molar-refractivity contribution is -0.384. The van der Waals surface area contributed by atoms with Crippen molar-refractivity contribution in [2.75, 3.05) is 15.9 Å². The van der Waals surface area contributed by atoms with Crippen molar-refractivity contribution in [3.63, 3.8) is 0 Å². The summed E-state index contributed by atoms with van der Waals surface area (Å²) in [5.41, 5.74) is 0.876. The predicted molar refractivity (Wildman–Crippen MR) is 129 cm³/mol. The van der Waals surface area contributed by atoms with E-state index in [-0.39, 0.29) is 22.9 Å². The highest BCUT2D eigenvalue weighted by Crippen LogP contribution is 2.30. The van der Waals surface area contributed by atoms with Gasteiger partial charge in [0.1, 0.15) is 6.04 Å². The van der Waals surface area contributed by atoms with Crippen LogP contribution in [0.15, 0.2) is 58.9 Å². The van der Waals surface area contributed by atoms with Crippen molar-refractivity contribution in [1.29, 1.82) is 0 Å². The van der Waals surface area contributed by atoms with Gasteiger partial charge in [-0.25, -0.2) is 8.42 Å². The van der Waals surface area contributed by atoms with E-state index in [4.69, 9.17) is 0 Å². The van der Waals surface area contributed by atoms with Crippen LogP contribution in [0.5, 0.6) is 0 Å². The van der Waals surface area contributed by atoms with E-state index in [2.05, 4.69) is 15.5 Å². The molecule has 0 saturated carbocycles. The second-order valence-corrected chi connectivity index (χ2v) is 11.0. The number of hydrogen-bond acceptors (Lipinski definition) is 9. The number of amides is 1. The number of rotatable bonds is 10. The summed E-state index contributed by atoms with van der Waals surface area (Å²) in [6, 6.07) is 13.8. The Morgan fingerprint density at radius 2 is 1.94 bits per heavy atom. The molecule has 0 saturated heterocycles. The standard InChI is InChI=1S/C20H21N5O5S3/c1-3-17(24(33(2,29)30)15-10-7-11-16(12-15)25(27)28)18(26)21-19-22-23-20(32-19)31-13-14-8-5-4-6-9-14/h4-12,17H,3,13H2,1-2H3,(H,21,22,26). The monoisotopic (exact) mass is 507 g/mol. The van der Waals surface area contributed by atoms with E-state index in [1.165, 1.54) is 41.3 Å². The van der Waals surface area contributed by atoms with E-state index in [1.54, 1.807) is 6.92 Å². The molecule has 2 aromatic carbocycles. The van der Waals surface area contributed by atoms with Crippen LogP contribution >= 0.6 is 23.1 Å². The van der Waals surface area contributed by atoms with E-state index in [0.29, 0.717) is 10.1 Å². The quantitative estimate of drug-likeness (QED) is 0.189. The van der Waals surface area contributed by atoms with Crippen LogP contribution in [0, 0.1) is 10.1 Å². The number of non-ortho nitro benzene ring substituents is 1.